The Hall–Kier alpha value is -2.55. The third kappa shape index (κ3) is 3.06. The average Bonchev–Trinajstić information content (AvgIpc) is 2.81. The molecule has 0 unspecified atom stereocenters. The topological polar surface area (TPSA) is 124 Å². The van der Waals surface area contributed by atoms with Crippen molar-refractivity contribution in [1.29, 1.82) is 0 Å². The number of rotatable bonds is 4. The normalized spacial score (nSPS) is 10.2. The highest BCUT2D eigenvalue weighted by molar-refractivity contribution is 7.09. The van der Waals surface area contributed by atoms with Gasteiger partial charge in [0, 0.05) is 5.38 Å². The molecule has 2 aromatic rings. The zero-order chi connectivity index (χ0) is 14.7. The number of nitro groups is 1. The highest BCUT2D eigenvalue weighted by Crippen LogP contribution is 2.19. The van der Waals surface area contributed by atoms with Crippen molar-refractivity contribution >= 4 is 28.7 Å². The number of nitrogens with zero attached hydrogens (tertiary/aromatic N) is 3. The molecule has 0 radical (unpaired) electrons. The van der Waals surface area contributed by atoms with E-state index in [2.05, 4.69) is 15.3 Å². The van der Waals surface area contributed by atoms with Gasteiger partial charge in [-0.25, -0.2) is 9.97 Å². The van der Waals surface area contributed by atoms with Crippen molar-refractivity contribution in [3.8, 4) is 0 Å². The number of hydrogen-bond acceptors (Lipinski definition) is 7. The Kier molecular flexibility index (Phi) is 3.89. The number of amides is 1. The zero-order valence-corrected chi connectivity index (χ0v) is 11.3. The average molecular weight is 293 g/mol. The Balaban J connectivity index is 2.16. The monoisotopic (exact) mass is 293 g/mol. The number of carbonyl (C=O) groups is 1. The number of nitrogen functional groups attached to an aromatic ring is 1. The minimum Gasteiger partial charge on any atom is -0.384 e. The van der Waals surface area contributed by atoms with Crippen LogP contribution in [0.25, 0.3) is 0 Å². The second-order valence-electron chi connectivity index (χ2n) is 3.92. The van der Waals surface area contributed by atoms with Crippen molar-refractivity contribution in [2.75, 3.05) is 5.73 Å². The largest absolute Gasteiger partial charge is 0.384 e. The Morgan fingerprint density at radius 1 is 1.60 bits per heavy atom. The molecular formula is C11H11N5O3S. The van der Waals surface area contributed by atoms with E-state index in [1.54, 1.807) is 0 Å². The molecular weight excluding hydrogens is 282 g/mol. The fourth-order valence-corrected chi connectivity index (χ4v) is 2.16. The molecule has 3 N–H and O–H groups in total. The van der Waals surface area contributed by atoms with Gasteiger partial charge in [0.2, 0.25) is 0 Å². The van der Waals surface area contributed by atoms with Crippen LogP contribution in [0, 0.1) is 17.0 Å². The van der Waals surface area contributed by atoms with Crippen LogP contribution in [0.2, 0.25) is 0 Å². The number of carbonyl (C=O) groups excluding carboxylic acids is 1. The summed E-state index contributed by atoms with van der Waals surface area (Å²) in [7, 11) is 0. The molecule has 2 aromatic heterocycles. The number of nitrogens with one attached hydrogen (secondary N) is 1. The molecule has 0 fully saturated rings. The van der Waals surface area contributed by atoms with Gasteiger partial charge in [0.05, 0.1) is 22.2 Å². The lowest BCUT2D eigenvalue weighted by Crippen LogP contribution is -2.24. The maximum absolute atomic E-state index is 12.0. The summed E-state index contributed by atoms with van der Waals surface area (Å²) >= 11 is 1.46. The number of thiazole rings is 1. The van der Waals surface area contributed by atoms with Gasteiger partial charge in [0.25, 0.3) is 11.6 Å². The SMILES string of the molecule is Cc1nc(CNC(=O)c2cc(N)ncc2[N+](=O)[O-])cs1. The van der Waals surface area contributed by atoms with Crippen LogP contribution in [0.1, 0.15) is 21.1 Å². The summed E-state index contributed by atoms with van der Waals surface area (Å²) in [5, 5.41) is 16.1. The van der Waals surface area contributed by atoms with Crippen LogP contribution < -0.4 is 11.1 Å². The molecule has 0 saturated carbocycles. The molecule has 0 atom stereocenters. The summed E-state index contributed by atoms with van der Waals surface area (Å²) in [6.45, 7) is 2.05. The Bertz CT molecular complexity index is 670. The Morgan fingerprint density at radius 3 is 2.95 bits per heavy atom. The van der Waals surface area contributed by atoms with Gasteiger partial charge in [-0.2, -0.15) is 0 Å². The van der Waals surface area contributed by atoms with Crippen LogP contribution in [0.3, 0.4) is 0 Å². The first-order valence-corrected chi connectivity index (χ1v) is 6.44. The minimum absolute atomic E-state index is 0.0465. The molecule has 2 rings (SSSR count). The van der Waals surface area contributed by atoms with Crippen molar-refractivity contribution in [3.63, 3.8) is 0 Å². The lowest BCUT2D eigenvalue weighted by molar-refractivity contribution is -0.385. The van der Waals surface area contributed by atoms with E-state index in [9.17, 15) is 14.9 Å². The van der Waals surface area contributed by atoms with Crippen molar-refractivity contribution in [3.05, 3.63) is 44.0 Å². The summed E-state index contributed by atoms with van der Waals surface area (Å²) < 4.78 is 0. The maximum Gasteiger partial charge on any atom is 0.300 e. The van der Waals surface area contributed by atoms with Crippen LogP contribution in [0.5, 0.6) is 0 Å². The standard InChI is InChI=1S/C11H11N5O3S/c1-6-15-7(5-20-6)3-14-11(17)8-2-10(12)13-4-9(8)16(18)19/h2,4-5H,3H2,1H3,(H2,12,13)(H,14,17). The fourth-order valence-electron chi connectivity index (χ4n) is 1.55. The molecule has 0 aliphatic carbocycles. The molecule has 0 saturated heterocycles. The lowest BCUT2D eigenvalue weighted by Gasteiger charge is -2.04. The van der Waals surface area contributed by atoms with Gasteiger partial charge >= 0.3 is 0 Å². The van der Waals surface area contributed by atoms with E-state index in [1.807, 2.05) is 12.3 Å². The molecule has 104 valence electrons. The molecule has 2 heterocycles. The van der Waals surface area contributed by atoms with Gasteiger partial charge in [-0.15, -0.1) is 11.3 Å². The van der Waals surface area contributed by atoms with Gasteiger partial charge in [-0.05, 0) is 13.0 Å². The van der Waals surface area contributed by atoms with E-state index < -0.39 is 10.8 Å². The van der Waals surface area contributed by atoms with E-state index in [4.69, 9.17) is 5.73 Å². The first-order valence-electron chi connectivity index (χ1n) is 5.56. The number of pyridine rings is 1. The lowest BCUT2D eigenvalue weighted by atomic mass is 10.2. The third-order valence-electron chi connectivity index (χ3n) is 2.44. The smallest absolute Gasteiger partial charge is 0.300 e. The molecule has 0 aromatic carbocycles. The third-order valence-corrected chi connectivity index (χ3v) is 3.26. The fraction of sp³-hybridized carbons (Fsp3) is 0.182. The van der Waals surface area contributed by atoms with Gasteiger partial charge in [-0.1, -0.05) is 0 Å². The number of hydrogen-bond donors (Lipinski definition) is 2. The van der Waals surface area contributed by atoms with Crippen molar-refractivity contribution in [1.82, 2.24) is 15.3 Å². The highest BCUT2D eigenvalue weighted by atomic mass is 32.1. The minimum atomic E-state index is -0.672. The molecule has 0 aliphatic heterocycles. The summed E-state index contributed by atoms with van der Waals surface area (Å²) in [6, 6.07) is 1.18. The quantitative estimate of drug-likeness (QED) is 0.646. The zero-order valence-electron chi connectivity index (χ0n) is 10.5. The Labute approximate surface area is 117 Å². The predicted molar refractivity (Wildman–Crippen MR) is 73.3 cm³/mol. The second kappa shape index (κ2) is 5.61. The summed E-state index contributed by atoms with van der Waals surface area (Å²) in [5.41, 5.74) is 5.65. The Morgan fingerprint density at radius 2 is 2.35 bits per heavy atom. The van der Waals surface area contributed by atoms with Gasteiger partial charge in [0.1, 0.15) is 17.6 Å². The van der Waals surface area contributed by atoms with E-state index in [0.29, 0.717) is 5.69 Å². The van der Waals surface area contributed by atoms with Crippen LogP contribution in [-0.2, 0) is 6.54 Å². The van der Waals surface area contributed by atoms with E-state index in [0.717, 1.165) is 11.2 Å². The summed E-state index contributed by atoms with van der Waals surface area (Å²) in [5.74, 6) is -0.540. The van der Waals surface area contributed by atoms with E-state index in [1.165, 1.54) is 17.4 Å². The van der Waals surface area contributed by atoms with Crippen LogP contribution in [-0.4, -0.2) is 20.8 Å². The van der Waals surface area contributed by atoms with Crippen LogP contribution in [0.4, 0.5) is 11.5 Å². The van der Waals surface area contributed by atoms with Gasteiger partial charge in [0.15, 0.2) is 0 Å². The summed E-state index contributed by atoms with van der Waals surface area (Å²) in [4.78, 5) is 30.0. The molecule has 8 nitrogen and oxygen atoms in total. The second-order valence-corrected chi connectivity index (χ2v) is 4.99. The van der Waals surface area contributed by atoms with Gasteiger partial charge in [-0.3, -0.25) is 14.9 Å². The van der Waals surface area contributed by atoms with E-state index in [-0.39, 0.29) is 23.6 Å². The molecule has 0 aliphatic rings. The number of nitrogens with two attached hydrogens (primary N) is 1. The van der Waals surface area contributed by atoms with Crippen molar-refractivity contribution in [2.24, 2.45) is 0 Å². The van der Waals surface area contributed by atoms with E-state index >= 15 is 0 Å². The first-order chi connectivity index (χ1) is 9.47. The number of anilines is 1. The van der Waals surface area contributed by atoms with Crippen molar-refractivity contribution < 1.29 is 9.72 Å². The van der Waals surface area contributed by atoms with Crippen LogP contribution >= 0.6 is 11.3 Å². The highest BCUT2D eigenvalue weighted by Gasteiger charge is 2.21. The summed E-state index contributed by atoms with van der Waals surface area (Å²) in [6.07, 6.45) is 0.969. The van der Waals surface area contributed by atoms with Crippen LogP contribution in [0.15, 0.2) is 17.6 Å². The van der Waals surface area contributed by atoms with Gasteiger partial charge < -0.3 is 11.1 Å². The molecule has 9 heteroatoms. The first kappa shape index (κ1) is 13.9. The number of aromatic nitrogens is 2. The van der Waals surface area contributed by atoms with Crippen molar-refractivity contribution in [2.45, 2.75) is 13.5 Å². The predicted octanol–water partition coefficient (Wildman–Crippen LogP) is 1.27. The molecule has 0 spiro atoms. The molecule has 20 heavy (non-hydrogen) atoms. The number of aryl methyl sites for hydroxylation is 1. The molecule has 1 amide bonds. The molecule has 0 bridgehead atoms. The maximum atomic E-state index is 12.0.